The lowest BCUT2D eigenvalue weighted by molar-refractivity contribution is -0.108. The normalized spacial score (nSPS) is 25.8. The van der Waals surface area contributed by atoms with Crippen LogP contribution in [0.1, 0.15) is 55.9 Å². The molecular weight excluding hydrogens is 360 g/mol. The molecule has 0 bridgehead atoms. The van der Waals surface area contributed by atoms with E-state index in [-0.39, 0.29) is 12.1 Å². The summed E-state index contributed by atoms with van der Waals surface area (Å²) in [5.41, 5.74) is 0.0627. The quantitative estimate of drug-likeness (QED) is 0.669. The summed E-state index contributed by atoms with van der Waals surface area (Å²) in [7, 11) is 0. The number of carbonyl (C=O) groups is 1. The molecule has 1 aromatic heterocycles. The molecule has 2 aliphatic heterocycles. The van der Waals surface area contributed by atoms with E-state index in [1.54, 1.807) is 4.90 Å². The monoisotopic (exact) mass is 385 g/mol. The molecule has 3 rings (SSSR count). The Labute approximate surface area is 156 Å². The first kappa shape index (κ1) is 19.3. The van der Waals surface area contributed by atoms with Crippen molar-refractivity contribution in [1.82, 2.24) is 4.90 Å². The summed E-state index contributed by atoms with van der Waals surface area (Å²) in [6.07, 6.45) is 0.929. The van der Waals surface area contributed by atoms with Crippen molar-refractivity contribution in [3.05, 3.63) is 27.5 Å². The summed E-state index contributed by atoms with van der Waals surface area (Å²) >= 11 is 1.37. The standard InChI is InChI=1S/C19H25F2NO3S/c1-12-11-19(6-7-22(12)17(23)25-18(2,3)4)16-13(5-8-24-19)9-14(26-16)10-15(20)21/h9-10,12H,5-8,11H2,1-4H3. The third kappa shape index (κ3) is 3.93. The van der Waals surface area contributed by atoms with Crippen molar-refractivity contribution in [2.75, 3.05) is 13.2 Å². The van der Waals surface area contributed by atoms with Crippen molar-refractivity contribution in [2.24, 2.45) is 0 Å². The number of nitrogens with zero attached hydrogens (tertiary/aromatic N) is 1. The lowest BCUT2D eigenvalue weighted by Crippen LogP contribution is -2.53. The molecule has 144 valence electrons. The van der Waals surface area contributed by atoms with Crippen LogP contribution < -0.4 is 0 Å². The van der Waals surface area contributed by atoms with Crippen LogP contribution in [0.15, 0.2) is 12.1 Å². The Morgan fingerprint density at radius 2 is 2.19 bits per heavy atom. The number of fused-ring (bicyclic) bond motifs is 2. The van der Waals surface area contributed by atoms with Gasteiger partial charge in [-0.2, -0.15) is 8.78 Å². The number of thiophene rings is 1. The van der Waals surface area contributed by atoms with Crippen LogP contribution in [0.2, 0.25) is 0 Å². The van der Waals surface area contributed by atoms with Gasteiger partial charge in [0.1, 0.15) is 11.2 Å². The van der Waals surface area contributed by atoms with E-state index in [1.165, 1.54) is 11.3 Å². The van der Waals surface area contributed by atoms with Crippen molar-refractivity contribution in [3.8, 4) is 0 Å². The van der Waals surface area contributed by atoms with Gasteiger partial charge in [0.25, 0.3) is 6.08 Å². The second kappa shape index (κ2) is 6.93. The highest BCUT2D eigenvalue weighted by molar-refractivity contribution is 7.13. The highest BCUT2D eigenvalue weighted by Gasteiger charge is 2.46. The number of amides is 1. The number of piperidine rings is 1. The van der Waals surface area contributed by atoms with Gasteiger partial charge in [-0.1, -0.05) is 0 Å². The minimum Gasteiger partial charge on any atom is -0.444 e. The highest BCUT2D eigenvalue weighted by atomic mass is 32.1. The Hall–Kier alpha value is -1.47. The van der Waals surface area contributed by atoms with E-state index in [9.17, 15) is 13.6 Å². The van der Waals surface area contributed by atoms with Gasteiger partial charge in [0.2, 0.25) is 0 Å². The van der Waals surface area contributed by atoms with E-state index in [4.69, 9.17) is 9.47 Å². The van der Waals surface area contributed by atoms with Gasteiger partial charge in [0, 0.05) is 34.8 Å². The Bertz CT molecular complexity index is 721. The van der Waals surface area contributed by atoms with Crippen LogP contribution in [0.4, 0.5) is 13.6 Å². The van der Waals surface area contributed by atoms with Gasteiger partial charge >= 0.3 is 6.09 Å². The van der Waals surface area contributed by atoms with E-state index in [2.05, 4.69) is 0 Å². The topological polar surface area (TPSA) is 38.8 Å². The van der Waals surface area contributed by atoms with E-state index in [0.29, 0.717) is 30.9 Å². The van der Waals surface area contributed by atoms with Crippen LogP contribution in [0.3, 0.4) is 0 Å². The lowest BCUT2D eigenvalue weighted by Gasteiger charge is -2.46. The molecule has 0 N–H and O–H groups in total. The van der Waals surface area contributed by atoms with Crippen LogP contribution >= 0.6 is 11.3 Å². The first-order valence-electron chi connectivity index (χ1n) is 8.89. The fourth-order valence-corrected chi connectivity index (χ4v) is 5.07. The molecule has 0 aliphatic carbocycles. The zero-order valence-electron chi connectivity index (χ0n) is 15.6. The van der Waals surface area contributed by atoms with Gasteiger partial charge in [-0.3, -0.25) is 0 Å². The predicted molar refractivity (Wildman–Crippen MR) is 97.5 cm³/mol. The van der Waals surface area contributed by atoms with Gasteiger partial charge in [-0.15, -0.1) is 11.3 Å². The Morgan fingerprint density at radius 1 is 1.46 bits per heavy atom. The van der Waals surface area contributed by atoms with E-state index < -0.39 is 17.3 Å². The summed E-state index contributed by atoms with van der Waals surface area (Å²) in [6, 6.07) is 1.79. The molecule has 1 saturated heterocycles. The van der Waals surface area contributed by atoms with E-state index in [1.807, 2.05) is 33.8 Å². The maximum atomic E-state index is 12.6. The number of rotatable bonds is 1. The molecule has 2 unspecified atom stereocenters. The number of likely N-dealkylation sites (tertiary alicyclic amines) is 1. The molecule has 1 amide bonds. The van der Waals surface area contributed by atoms with Gasteiger partial charge in [-0.25, -0.2) is 4.79 Å². The summed E-state index contributed by atoms with van der Waals surface area (Å²) in [5, 5.41) is 0. The fraction of sp³-hybridized carbons (Fsp3) is 0.632. The van der Waals surface area contributed by atoms with Gasteiger partial charge in [0.15, 0.2) is 0 Å². The molecule has 1 fully saturated rings. The number of carbonyl (C=O) groups excluding carboxylic acids is 1. The van der Waals surface area contributed by atoms with Crippen LogP contribution in [0.25, 0.3) is 6.08 Å². The zero-order chi connectivity index (χ0) is 19.1. The maximum absolute atomic E-state index is 12.6. The maximum Gasteiger partial charge on any atom is 0.410 e. The average molecular weight is 385 g/mol. The molecular formula is C19H25F2NO3S. The summed E-state index contributed by atoms with van der Waals surface area (Å²) in [6.45, 7) is 8.63. The third-order valence-electron chi connectivity index (χ3n) is 4.78. The van der Waals surface area contributed by atoms with Gasteiger partial charge in [-0.05, 0) is 52.2 Å². The molecule has 26 heavy (non-hydrogen) atoms. The smallest absolute Gasteiger partial charge is 0.410 e. The van der Waals surface area contributed by atoms with E-state index >= 15 is 0 Å². The molecule has 1 aromatic rings. The summed E-state index contributed by atoms with van der Waals surface area (Å²) in [4.78, 5) is 15.8. The number of halogens is 2. The molecule has 2 atom stereocenters. The number of hydrogen-bond acceptors (Lipinski definition) is 4. The van der Waals surface area contributed by atoms with Gasteiger partial charge in [0.05, 0.1) is 6.61 Å². The Kier molecular flexibility index (Phi) is 5.14. The second-order valence-corrected chi connectivity index (χ2v) is 9.09. The molecule has 0 aromatic carbocycles. The van der Waals surface area contributed by atoms with Crippen molar-refractivity contribution in [3.63, 3.8) is 0 Å². The van der Waals surface area contributed by atoms with Crippen LogP contribution in [-0.2, 0) is 21.5 Å². The second-order valence-electron chi connectivity index (χ2n) is 8.01. The third-order valence-corrected chi connectivity index (χ3v) is 6.09. The van der Waals surface area contributed by atoms with Crippen molar-refractivity contribution >= 4 is 23.5 Å². The van der Waals surface area contributed by atoms with E-state index in [0.717, 1.165) is 22.9 Å². The molecule has 1 spiro atoms. The first-order valence-corrected chi connectivity index (χ1v) is 9.71. The molecule has 2 aliphatic rings. The zero-order valence-corrected chi connectivity index (χ0v) is 16.4. The van der Waals surface area contributed by atoms with Crippen molar-refractivity contribution in [2.45, 2.75) is 64.2 Å². The number of ether oxygens (including phenoxy) is 2. The highest BCUT2D eigenvalue weighted by Crippen LogP contribution is 2.47. The van der Waals surface area contributed by atoms with Crippen LogP contribution in [-0.4, -0.2) is 35.8 Å². The van der Waals surface area contributed by atoms with Crippen LogP contribution in [0, 0.1) is 0 Å². The lowest BCUT2D eigenvalue weighted by atomic mass is 9.82. The van der Waals surface area contributed by atoms with Crippen LogP contribution in [0.5, 0.6) is 0 Å². The first-order chi connectivity index (χ1) is 12.1. The molecule has 7 heteroatoms. The minimum atomic E-state index is -1.69. The van der Waals surface area contributed by atoms with Crippen molar-refractivity contribution < 1.29 is 23.0 Å². The number of hydrogen-bond donors (Lipinski definition) is 0. The average Bonchev–Trinajstić information content (AvgIpc) is 2.88. The molecule has 0 radical (unpaired) electrons. The summed E-state index contributed by atoms with van der Waals surface area (Å²) in [5.74, 6) is 0. The van der Waals surface area contributed by atoms with Crippen molar-refractivity contribution in [1.29, 1.82) is 0 Å². The fourth-order valence-electron chi connectivity index (χ4n) is 3.76. The SMILES string of the molecule is CC1CC2(CCN1C(=O)OC(C)(C)C)OCCc1cc(C=C(F)F)sc12. The molecule has 3 heterocycles. The molecule has 4 nitrogen and oxygen atoms in total. The molecule has 0 saturated carbocycles. The Balaban J connectivity index is 1.81. The van der Waals surface area contributed by atoms with Gasteiger partial charge < -0.3 is 14.4 Å². The predicted octanol–water partition coefficient (Wildman–Crippen LogP) is 5.17. The largest absolute Gasteiger partial charge is 0.444 e. The summed E-state index contributed by atoms with van der Waals surface area (Å²) < 4.78 is 36.9. The minimum absolute atomic E-state index is 0.0523. The Morgan fingerprint density at radius 3 is 2.81 bits per heavy atom.